The second-order valence-electron chi connectivity index (χ2n) is 4.45. The summed E-state index contributed by atoms with van der Waals surface area (Å²) in [4.78, 5) is 25.0. The smallest absolute Gasteiger partial charge is 0.254 e. The molecule has 0 unspecified atom stereocenters. The maximum absolute atomic E-state index is 12.2. The van der Waals surface area contributed by atoms with Crippen LogP contribution in [-0.4, -0.2) is 36.3 Å². The van der Waals surface area contributed by atoms with Gasteiger partial charge in [-0.05, 0) is 26.0 Å². The second kappa shape index (κ2) is 4.57. The van der Waals surface area contributed by atoms with Gasteiger partial charge in [-0.15, -0.1) is 0 Å². The molecule has 0 saturated carbocycles. The number of nitrogens with zero attached hydrogens (tertiary/aromatic N) is 1. The summed E-state index contributed by atoms with van der Waals surface area (Å²) in [5, 5.41) is 2.71. The van der Waals surface area contributed by atoms with Gasteiger partial charge in [-0.2, -0.15) is 0 Å². The summed E-state index contributed by atoms with van der Waals surface area (Å²) in [5.41, 5.74) is 2.79. The highest BCUT2D eigenvalue weighted by Gasteiger charge is 2.22. The first-order valence-corrected chi connectivity index (χ1v) is 5.70. The van der Waals surface area contributed by atoms with Crippen LogP contribution >= 0.6 is 0 Å². The lowest BCUT2D eigenvalue weighted by Crippen LogP contribution is -2.49. The van der Waals surface area contributed by atoms with Crippen molar-refractivity contribution in [3.8, 4) is 0 Å². The lowest BCUT2D eigenvalue weighted by atomic mass is 10.1. The molecule has 1 saturated heterocycles. The topological polar surface area (TPSA) is 49.4 Å². The van der Waals surface area contributed by atoms with Crippen LogP contribution in [0.2, 0.25) is 0 Å². The third-order valence-electron chi connectivity index (χ3n) is 2.79. The average Bonchev–Trinajstić information content (AvgIpc) is 2.26. The number of piperazine rings is 1. The number of carbonyl (C=O) groups is 2. The molecule has 0 aromatic heterocycles. The largest absolute Gasteiger partial charge is 0.353 e. The molecule has 0 radical (unpaired) electrons. The van der Waals surface area contributed by atoms with Crippen molar-refractivity contribution in [1.29, 1.82) is 0 Å². The molecule has 1 aliphatic rings. The van der Waals surface area contributed by atoms with Crippen molar-refractivity contribution in [2.24, 2.45) is 0 Å². The maximum Gasteiger partial charge on any atom is 0.254 e. The Morgan fingerprint density at radius 1 is 1.24 bits per heavy atom. The van der Waals surface area contributed by atoms with Gasteiger partial charge in [-0.1, -0.05) is 17.2 Å². The first-order chi connectivity index (χ1) is 8.06. The Kier molecular flexibility index (Phi) is 3.13. The molecule has 4 nitrogen and oxygen atoms in total. The van der Waals surface area contributed by atoms with E-state index in [9.17, 15) is 9.59 Å². The summed E-state index contributed by atoms with van der Waals surface area (Å²) in [6, 6.07) is 5.75. The first kappa shape index (κ1) is 11.6. The lowest BCUT2D eigenvalue weighted by molar-refractivity contribution is -0.123. The van der Waals surface area contributed by atoms with E-state index in [0.717, 1.165) is 11.1 Å². The van der Waals surface area contributed by atoms with E-state index in [0.29, 0.717) is 18.7 Å². The molecule has 1 fully saturated rings. The Labute approximate surface area is 101 Å². The lowest BCUT2D eigenvalue weighted by Gasteiger charge is -2.26. The molecular weight excluding hydrogens is 216 g/mol. The van der Waals surface area contributed by atoms with Gasteiger partial charge in [0.2, 0.25) is 5.91 Å². The molecule has 1 aliphatic heterocycles. The number of hydrogen-bond donors (Lipinski definition) is 1. The van der Waals surface area contributed by atoms with Crippen molar-refractivity contribution in [3.63, 3.8) is 0 Å². The molecule has 2 amide bonds. The minimum Gasteiger partial charge on any atom is -0.353 e. The molecule has 0 bridgehead atoms. The van der Waals surface area contributed by atoms with E-state index < -0.39 is 0 Å². The summed E-state index contributed by atoms with van der Waals surface area (Å²) in [5.74, 6) is -0.152. The third kappa shape index (κ3) is 2.64. The summed E-state index contributed by atoms with van der Waals surface area (Å²) in [6.07, 6.45) is 0. The van der Waals surface area contributed by atoms with E-state index in [1.807, 2.05) is 32.0 Å². The van der Waals surface area contributed by atoms with Gasteiger partial charge < -0.3 is 10.2 Å². The second-order valence-corrected chi connectivity index (χ2v) is 4.45. The van der Waals surface area contributed by atoms with Gasteiger partial charge in [-0.3, -0.25) is 9.59 Å². The first-order valence-electron chi connectivity index (χ1n) is 5.70. The van der Waals surface area contributed by atoms with Gasteiger partial charge in [0, 0.05) is 18.7 Å². The standard InChI is InChI=1S/C13H16N2O2/c1-9-5-10(2)7-11(6-9)13(17)15-4-3-14-12(16)8-15/h5-7H,3-4,8H2,1-2H3,(H,14,16). The summed E-state index contributed by atoms with van der Waals surface area (Å²) in [6.45, 7) is 5.21. The van der Waals surface area contributed by atoms with E-state index in [-0.39, 0.29) is 18.4 Å². The van der Waals surface area contributed by atoms with Crippen LogP contribution in [0.15, 0.2) is 18.2 Å². The van der Waals surface area contributed by atoms with Gasteiger partial charge in [0.15, 0.2) is 0 Å². The van der Waals surface area contributed by atoms with Gasteiger partial charge >= 0.3 is 0 Å². The van der Waals surface area contributed by atoms with Crippen LogP contribution in [0.5, 0.6) is 0 Å². The fraction of sp³-hybridized carbons (Fsp3) is 0.385. The zero-order valence-electron chi connectivity index (χ0n) is 10.1. The Hall–Kier alpha value is -1.84. The fourth-order valence-electron chi connectivity index (χ4n) is 2.09. The molecule has 17 heavy (non-hydrogen) atoms. The predicted octanol–water partition coefficient (Wildman–Crippen LogP) is 0.875. The number of nitrogens with one attached hydrogen (secondary N) is 1. The van der Waals surface area contributed by atoms with Gasteiger partial charge in [-0.25, -0.2) is 0 Å². The van der Waals surface area contributed by atoms with Gasteiger partial charge in [0.25, 0.3) is 5.91 Å². The Balaban J connectivity index is 2.21. The zero-order valence-corrected chi connectivity index (χ0v) is 10.1. The molecule has 0 aliphatic carbocycles. The third-order valence-corrected chi connectivity index (χ3v) is 2.79. The Morgan fingerprint density at radius 2 is 1.88 bits per heavy atom. The number of benzene rings is 1. The normalized spacial score (nSPS) is 15.6. The number of aryl methyl sites for hydroxylation is 2. The molecule has 2 rings (SSSR count). The highest BCUT2D eigenvalue weighted by molar-refractivity contribution is 5.97. The van der Waals surface area contributed by atoms with E-state index >= 15 is 0 Å². The SMILES string of the molecule is Cc1cc(C)cc(C(=O)N2CCNC(=O)C2)c1. The molecule has 90 valence electrons. The minimum atomic E-state index is -0.0889. The van der Waals surface area contributed by atoms with E-state index in [1.165, 1.54) is 0 Å². The van der Waals surface area contributed by atoms with Crippen LogP contribution in [0.25, 0.3) is 0 Å². The van der Waals surface area contributed by atoms with Crippen LogP contribution < -0.4 is 5.32 Å². The molecule has 0 spiro atoms. The predicted molar refractivity (Wildman–Crippen MR) is 64.8 cm³/mol. The van der Waals surface area contributed by atoms with Crippen LogP contribution in [0.4, 0.5) is 0 Å². The van der Waals surface area contributed by atoms with Crippen LogP contribution in [0.1, 0.15) is 21.5 Å². The van der Waals surface area contributed by atoms with Crippen molar-refractivity contribution >= 4 is 11.8 Å². The highest BCUT2D eigenvalue weighted by Crippen LogP contribution is 2.12. The molecule has 1 N–H and O–H groups in total. The molecule has 1 aromatic rings. The summed E-state index contributed by atoms with van der Waals surface area (Å²) < 4.78 is 0. The maximum atomic E-state index is 12.2. The zero-order chi connectivity index (χ0) is 12.4. The molecule has 1 aromatic carbocycles. The van der Waals surface area contributed by atoms with Crippen LogP contribution in [-0.2, 0) is 4.79 Å². The monoisotopic (exact) mass is 232 g/mol. The van der Waals surface area contributed by atoms with Crippen molar-refractivity contribution < 1.29 is 9.59 Å². The van der Waals surface area contributed by atoms with Crippen molar-refractivity contribution in [2.75, 3.05) is 19.6 Å². The average molecular weight is 232 g/mol. The molecule has 1 heterocycles. The Bertz CT molecular complexity index is 448. The van der Waals surface area contributed by atoms with Gasteiger partial charge in [0.05, 0.1) is 6.54 Å². The van der Waals surface area contributed by atoms with Crippen molar-refractivity contribution in [2.45, 2.75) is 13.8 Å². The van der Waals surface area contributed by atoms with E-state index in [4.69, 9.17) is 0 Å². The van der Waals surface area contributed by atoms with Gasteiger partial charge in [0.1, 0.15) is 0 Å². The highest BCUT2D eigenvalue weighted by atomic mass is 16.2. The van der Waals surface area contributed by atoms with E-state index in [1.54, 1.807) is 4.90 Å². The molecular formula is C13H16N2O2. The number of carbonyl (C=O) groups excluding carboxylic acids is 2. The van der Waals surface area contributed by atoms with Crippen molar-refractivity contribution in [3.05, 3.63) is 34.9 Å². The quantitative estimate of drug-likeness (QED) is 0.781. The molecule has 0 atom stereocenters. The van der Waals surface area contributed by atoms with Crippen molar-refractivity contribution in [1.82, 2.24) is 10.2 Å². The Morgan fingerprint density at radius 3 is 2.47 bits per heavy atom. The summed E-state index contributed by atoms with van der Waals surface area (Å²) in [7, 11) is 0. The fourth-order valence-corrected chi connectivity index (χ4v) is 2.09. The van der Waals surface area contributed by atoms with Crippen LogP contribution in [0, 0.1) is 13.8 Å². The van der Waals surface area contributed by atoms with Crippen LogP contribution in [0.3, 0.4) is 0 Å². The molecule has 4 heteroatoms. The minimum absolute atomic E-state index is 0.0633. The number of rotatable bonds is 1. The number of amides is 2. The van der Waals surface area contributed by atoms with E-state index in [2.05, 4.69) is 5.32 Å². The summed E-state index contributed by atoms with van der Waals surface area (Å²) >= 11 is 0. The number of hydrogen-bond acceptors (Lipinski definition) is 2.